The molecule has 0 unspecified atom stereocenters. The first kappa shape index (κ1) is 16.4. The summed E-state index contributed by atoms with van der Waals surface area (Å²) in [7, 11) is 3.41. The lowest BCUT2D eigenvalue weighted by molar-refractivity contribution is -0.120. The van der Waals surface area contributed by atoms with E-state index in [1.165, 1.54) is 6.07 Å². The normalized spacial score (nSPS) is 10.4. The van der Waals surface area contributed by atoms with E-state index >= 15 is 0 Å². The zero-order valence-electron chi connectivity index (χ0n) is 12.5. The zero-order chi connectivity index (χ0) is 15.0. The van der Waals surface area contributed by atoms with E-state index in [-0.39, 0.29) is 11.7 Å². The van der Waals surface area contributed by atoms with Crippen LogP contribution in [0.25, 0.3) is 0 Å². The number of amides is 1. The molecule has 0 aromatic heterocycles. The summed E-state index contributed by atoms with van der Waals surface area (Å²) in [6.45, 7) is 4.11. The van der Waals surface area contributed by atoms with Crippen LogP contribution in [0, 0.1) is 5.82 Å². The molecular formula is C15H24FN3O. The van der Waals surface area contributed by atoms with Gasteiger partial charge in [0, 0.05) is 33.6 Å². The maximum absolute atomic E-state index is 14.0. The predicted molar refractivity (Wildman–Crippen MR) is 80.4 cm³/mol. The highest BCUT2D eigenvalue weighted by Crippen LogP contribution is 2.23. The third-order valence-electron chi connectivity index (χ3n) is 3.15. The van der Waals surface area contributed by atoms with Crippen LogP contribution in [0.2, 0.25) is 0 Å². The molecule has 1 amide bonds. The lowest BCUT2D eigenvalue weighted by Crippen LogP contribution is -2.28. The molecule has 0 radical (unpaired) electrons. The van der Waals surface area contributed by atoms with Crippen molar-refractivity contribution in [1.29, 1.82) is 0 Å². The fourth-order valence-electron chi connectivity index (χ4n) is 2.04. The molecule has 0 bridgehead atoms. The number of hydrogen-bond donors (Lipinski definition) is 2. The fraction of sp³-hybridized carbons (Fsp3) is 0.533. The van der Waals surface area contributed by atoms with Gasteiger partial charge in [0.1, 0.15) is 5.82 Å². The Morgan fingerprint density at radius 3 is 2.80 bits per heavy atom. The van der Waals surface area contributed by atoms with Gasteiger partial charge in [-0.05, 0) is 24.6 Å². The zero-order valence-corrected chi connectivity index (χ0v) is 12.5. The van der Waals surface area contributed by atoms with Gasteiger partial charge in [0.25, 0.3) is 0 Å². The highest BCUT2D eigenvalue weighted by atomic mass is 19.1. The Kier molecular flexibility index (Phi) is 7.01. The van der Waals surface area contributed by atoms with E-state index in [4.69, 9.17) is 0 Å². The van der Waals surface area contributed by atoms with Gasteiger partial charge in [-0.2, -0.15) is 0 Å². The molecule has 0 aliphatic rings. The summed E-state index contributed by atoms with van der Waals surface area (Å²) < 4.78 is 14.0. The third kappa shape index (κ3) is 4.81. The van der Waals surface area contributed by atoms with E-state index in [0.29, 0.717) is 25.2 Å². The summed E-state index contributed by atoms with van der Waals surface area (Å²) in [5.74, 6) is -0.293. The van der Waals surface area contributed by atoms with Crippen molar-refractivity contribution < 1.29 is 9.18 Å². The van der Waals surface area contributed by atoms with E-state index < -0.39 is 0 Å². The monoisotopic (exact) mass is 281 g/mol. The molecule has 1 aromatic carbocycles. The van der Waals surface area contributed by atoms with Gasteiger partial charge in [0.15, 0.2) is 0 Å². The highest BCUT2D eigenvalue weighted by molar-refractivity contribution is 5.76. The first-order valence-corrected chi connectivity index (χ1v) is 7.00. The van der Waals surface area contributed by atoms with Crippen molar-refractivity contribution in [3.63, 3.8) is 0 Å². The van der Waals surface area contributed by atoms with Gasteiger partial charge in [-0.25, -0.2) is 4.39 Å². The van der Waals surface area contributed by atoms with Crippen LogP contribution in [-0.2, 0) is 11.3 Å². The summed E-state index contributed by atoms with van der Waals surface area (Å²) in [4.78, 5) is 13.1. The van der Waals surface area contributed by atoms with Gasteiger partial charge in [0.2, 0.25) is 5.91 Å². The smallest absolute Gasteiger partial charge is 0.221 e. The first-order valence-electron chi connectivity index (χ1n) is 7.00. The van der Waals surface area contributed by atoms with Crippen molar-refractivity contribution in [2.45, 2.75) is 26.3 Å². The quantitative estimate of drug-likeness (QED) is 0.715. The summed E-state index contributed by atoms with van der Waals surface area (Å²) >= 11 is 0. The lowest BCUT2D eigenvalue weighted by atomic mass is 10.1. The molecule has 1 aromatic rings. The summed E-state index contributed by atoms with van der Waals surface area (Å²) in [5.41, 5.74) is 1.48. The Balaban J connectivity index is 2.77. The molecule has 0 saturated heterocycles. The second-order valence-corrected chi connectivity index (χ2v) is 4.77. The Morgan fingerprint density at radius 2 is 2.15 bits per heavy atom. The van der Waals surface area contributed by atoms with Crippen molar-refractivity contribution in [2.75, 3.05) is 32.1 Å². The van der Waals surface area contributed by atoms with Crippen LogP contribution >= 0.6 is 0 Å². The molecule has 0 saturated carbocycles. The summed E-state index contributed by atoms with van der Waals surface area (Å²) in [6.07, 6.45) is 1.39. The van der Waals surface area contributed by atoms with Crippen molar-refractivity contribution in [3.05, 3.63) is 29.6 Å². The Labute approximate surface area is 120 Å². The van der Waals surface area contributed by atoms with Crippen LogP contribution in [0.5, 0.6) is 0 Å². The number of nitrogens with zero attached hydrogens (tertiary/aromatic N) is 1. The van der Waals surface area contributed by atoms with Gasteiger partial charge in [-0.1, -0.05) is 19.1 Å². The van der Waals surface area contributed by atoms with Crippen LogP contribution in [0.15, 0.2) is 18.2 Å². The molecule has 0 aliphatic heterocycles. The number of para-hydroxylation sites is 1. The minimum Gasteiger partial charge on any atom is -0.371 e. The molecule has 0 fully saturated rings. The largest absolute Gasteiger partial charge is 0.371 e. The summed E-state index contributed by atoms with van der Waals surface area (Å²) in [5, 5.41) is 5.85. The molecule has 0 spiro atoms. The van der Waals surface area contributed by atoms with E-state index in [9.17, 15) is 9.18 Å². The van der Waals surface area contributed by atoms with Crippen molar-refractivity contribution in [2.24, 2.45) is 0 Å². The average molecular weight is 281 g/mol. The standard InChI is InChI=1S/C15H24FN3O/c1-4-9-18-11-12-6-5-7-13(16)15(12)19(3)10-8-14(20)17-2/h5-7,18H,4,8-11H2,1-3H3,(H,17,20). The van der Waals surface area contributed by atoms with Crippen molar-refractivity contribution >= 4 is 11.6 Å². The predicted octanol–water partition coefficient (Wildman–Crippen LogP) is 1.90. The number of rotatable bonds is 8. The van der Waals surface area contributed by atoms with E-state index in [2.05, 4.69) is 17.6 Å². The van der Waals surface area contributed by atoms with Crippen molar-refractivity contribution in [3.8, 4) is 0 Å². The molecule has 0 aliphatic carbocycles. The van der Waals surface area contributed by atoms with Crippen LogP contribution in [0.4, 0.5) is 10.1 Å². The Morgan fingerprint density at radius 1 is 1.40 bits per heavy atom. The van der Waals surface area contributed by atoms with Gasteiger partial charge in [-0.15, -0.1) is 0 Å². The second-order valence-electron chi connectivity index (χ2n) is 4.77. The van der Waals surface area contributed by atoms with Crippen molar-refractivity contribution in [1.82, 2.24) is 10.6 Å². The minimum atomic E-state index is -0.250. The van der Waals surface area contributed by atoms with E-state index in [1.807, 2.05) is 13.1 Å². The molecule has 4 nitrogen and oxygen atoms in total. The molecular weight excluding hydrogens is 257 g/mol. The molecule has 20 heavy (non-hydrogen) atoms. The van der Waals surface area contributed by atoms with Crippen LogP contribution in [0.1, 0.15) is 25.3 Å². The molecule has 1 rings (SSSR count). The third-order valence-corrected chi connectivity index (χ3v) is 3.15. The fourth-order valence-corrected chi connectivity index (χ4v) is 2.04. The van der Waals surface area contributed by atoms with E-state index in [1.54, 1.807) is 18.0 Å². The van der Waals surface area contributed by atoms with E-state index in [0.717, 1.165) is 18.5 Å². The number of benzene rings is 1. The second kappa shape index (κ2) is 8.53. The number of halogens is 1. The van der Waals surface area contributed by atoms with Gasteiger partial charge < -0.3 is 15.5 Å². The van der Waals surface area contributed by atoms with Crippen LogP contribution < -0.4 is 15.5 Å². The van der Waals surface area contributed by atoms with Crippen LogP contribution in [0.3, 0.4) is 0 Å². The average Bonchev–Trinajstić information content (AvgIpc) is 2.44. The lowest BCUT2D eigenvalue weighted by Gasteiger charge is -2.23. The molecule has 2 N–H and O–H groups in total. The molecule has 112 valence electrons. The summed E-state index contributed by atoms with van der Waals surface area (Å²) in [6, 6.07) is 5.08. The molecule has 0 atom stereocenters. The first-order chi connectivity index (χ1) is 9.60. The SMILES string of the molecule is CCCNCc1cccc(F)c1N(C)CCC(=O)NC. The number of nitrogens with one attached hydrogen (secondary N) is 2. The molecule has 5 heteroatoms. The maximum Gasteiger partial charge on any atom is 0.221 e. The number of anilines is 1. The highest BCUT2D eigenvalue weighted by Gasteiger charge is 2.13. The topological polar surface area (TPSA) is 44.4 Å². The number of carbonyl (C=O) groups excluding carboxylic acids is 1. The number of carbonyl (C=O) groups is 1. The maximum atomic E-state index is 14.0. The van der Waals surface area contributed by atoms with Gasteiger partial charge in [-0.3, -0.25) is 4.79 Å². The number of hydrogen-bond acceptors (Lipinski definition) is 3. The van der Waals surface area contributed by atoms with Crippen LogP contribution in [-0.4, -0.2) is 33.1 Å². The molecule has 0 heterocycles. The Bertz CT molecular complexity index is 437. The minimum absolute atomic E-state index is 0.0427. The van der Waals surface area contributed by atoms with Gasteiger partial charge >= 0.3 is 0 Å². The Hall–Kier alpha value is -1.62. The van der Waals surface area contributed by atoms with Gasteiger partial charge in [0.05, 0.1) is 5.69 Å².